The minimum atomic E-state index is -0.104. The summed E-state index contributed by atoms with van der Waals surface area (Å²) in [5.74, 6) is 2.49. The lowest BCUT2D eigenvalue weighted by Crippen LogP contribution is -2.61. The maximum atomic E-state index is 12.8. The van der Waals surface area contributed by atoms with Crippen molar-refractivity contribution >= 4 is 17.6 Å². The summed E-state index contributed by atoms with van der Waals surface area (Å²) in [5, 5.41) is 15.3. The van der Waals surface area contributed by atoms with Crippen molar-refractivity contribution in [1.82, 2.24) is 15.5 Å². The van der Waals surface area contributed by atoms with E-state index >= 15 is 0 Å². The summed E-state index contributed by atoms with van der Waals surface area (Å²) in [5.41, 5.74) is 1.75. The average molecular weight is 450 g/mol. The number of urea groups is 1. The third kappa shape index (κ3) is 4.95. The molecule has 0 spiro atoms. The molecule has 7 heteroatoms. The van der Waals surface area contributed by atoms with Crippen molar-refractivity contribution < 1.29 is 9.59 Å². The maximum absolute atomic E-state index is 12.8. The van der Waals surface area contributed by atoms with Gasteiger partial charge in [-0.2, -0.15) is 5.26 Å². The van der Waals surface area contributed by atoms with Crippen molar-refractivity contribution in [3.8, 4) is 6.07 Å². The second kappa shape index (κ2) is 9.24. The number of benzene rings is 1. The number of hydrogen-bond donors (Lipinski definition) is 2. The normalized spacial score (nSPS) is 30.5. The molecule has 6 rings (SSSR count). The van der Waals surface area contributed by atoms with Gasteiger partial charge in [-0.25, -0.2) is 4.79 Å². The molecule has 2 N–H and O–H groups in total. The lowest BCUT2D eigenvalue weighted by molar-refractivity contribution is -0.130. The Balaban J connectivity index is 1.05. The van der Waals surface area contributed by atoms with Gasteiger partial charge in [-0.3, -0.25) is 4.79 Å². The largest absolute Gasteiger partial charge is 0.370 e. The van der Waals surface area contributed by atoms with Crippen molar-refractivity contribution in [1.29, 1.82) is 5.26 Å². The molecule has 176 valence electrons. The lowest BCUT2D eigenvalue weighted by atomic mass is 9.53. The zero-order chi connectivity index (χ0) is 22.8. The van der Waals surface area contributed by atoms with Crippen LogP contribution in [0.5, 0.6) is 0 Å². The number of amides is 3. The van der Waals surface area contributed by atoms with Gasteiger partial charge < -0.3 is 20.4 Å². The van der Waals surface area contributed by atoms with Crippen LogP contribution in [-0.2, 0) is 4.79 Å². The second-order valence-electron chi connectivity index (χ2n) is 10.7. The van der Waals surface area contributed by atoms with E-state index in [-0.39, 0.29) is 17.5 Å². The zero-order valence-corrected chi connectivity index (χ0v) is 19.4. The molecule has 5 fully saturated rings. The summed E-state index contributed by atoms with van der Waals surface area (Å²) in [6, 6.07) is 9.67. The van der Waals surface area contributed by atoms with Crippen LogP contribution in [0.3, 0.4) is 0 Å². The highest BCUT2D eigenvalue weighted by Crippen LogP contribution is 2.55. The van der Waals surface area contributed by atoms with E-state index in [2.05, 4.69) is 21.6 Å². The summed E-state index contributed by atoms with van der Waals surface area (Å²) in [6.45, 7) is 3.47. The molecule has 0 radical (unpaired) electrons. The van der Waals surface area contributed by atoms with Gasteiger partial charge in [-0.15, -0.1) is 0 Å². The minimum Gasteiger partial charge on any atom is -0.370 e. The number of carbonyl (C=O) groups excluding carboxylic acids is 2. The molecular weight excluding hydrogens is 414 g/mol. The SMILES string of the molecule is N#Cc1ccc(N2CCCN(C(=O)CCNC(=O)NC34CC5CC(CC(C5)C3)C4)CC2)cc1. The number of hydrogen-bond acceptors (Lipinski definition) is 4. The minimum absolute atomic E-state index is 0.00251. The molecule has 1 aliphatic heterocycles. The number of nitrogens with zero attached hydrogens (tertiary/aromatic N) is 3. The molecule has 0 atom stereocenters. The van der Waals surface area contributed by atoms with Crippen LogP contribution in [0.25, 0.3) is 0 Å². The van der Waals surface area contributed by atoms with Crippen LogP contribution < -0.4 is 15.5 Å². The van der Waals surface area contributed by atoms with Crippen LogP contribution in [0.4, 0.5) is 10.5 Å². The maximum Gasteiger partial charge on any atom is 0.315 e. The van der Waals surface area contributed by atoms with Crippen LogP contribution >= 0.6 is 0 Å². The molecule has 4 saturated carbocycles. The standard InChI is InChI=1S/C26H35N5O2/c27-18-19-2-4-23(5-3-19)30-8-1-9-31(11-10-30)24(32)6-7-28-25(33)29-26-15-20-12-21(16-26)14-22(13-20)17-26/h2-5,20-22H,1,6-17H2,(H2,28,29,33). The Morgan fingerprint density at radius 2 is 1.64 bits per heavy atom. The Bertz CT molecular complexity index is 886. The first-order chi connectivity index (χ1) is 16.0. The first-order valence-electron chi connectivity index (χ1n) is 12.6. The first-order valence-corrected chi connectivity index (χ1v) is 12.6. The van der Waals surface area contributed by atoms with Gasteiger partial charge in [-0.05, 0) is 87.0 Å². The number of carbonyl (C=O) groups is 2. The molecule has 7 nitrogen and oxygen atoms in total. The molecule has 5 aliphatic rings. The van der Waals surface area contributed by atoms with Gasteiger partial charge in [0.1, 0.15) is 0 Å². The van der Waals surface area contributed by atoms with Crippen LogP contribution in [0.2, 0.25) is 0 Å². The fourth-order valence-corrected chi connectivity index (χ4v) is 7.16. The third-order valence-corrected chi connectivity index (χ3v) is 8.25. The quantitative estimate of drug-likeness (QED) is 0.722. The molecule has 1 heterocycles. The van der Waals surface area contributed by atoms with E-state index in [1.807, 2.05) is 29.2 Å². The summed E-state index contributed by atoms with van der Waals surface area (Å²) in [7, 11) is 0. The highest BCUT2D eigenvalue weighted by molar-refractivity contribution is 5.78. The Kier molecular flexibility index (Phi) is 6.18. The smallest absolute Gasteiger partial charge is 0.315 e. The fourth-order valence-electron chi connectivity index (χ4n) is 7.16. The van der Waals surface area contributed by atoms with Gasteiger partial charge in [0.15, 0.2) is 0 Å². The van der Waals surface area contributed by atoms with E-state index in [9.17, 15) is 9.59 Å². The van der Waals surface area contributed by atoms with Gasteiger partial charge >= 0.3 is 6.03 Å². The molecular formula is C26H35N5O2. The number of nitrogens with one attached hydrogen (secondary N) is 2. The monoisotopic (exact) mass is 449 g/mol. The summed E-state index contributed by atoms with van der Waals surface area (Å²) >= 11 is 0. The molecule has 0 aromatic heterocycles. The van der Waals surface area contributed by atoms with Gasteiger partial charge in [0.25, 0.3) is 0 Å². The molecule has 33 heavy (non-hydrogen) atoms. The number of nitriles is 1. The second-order valence-corrected chi connectivity index (χ2v) is 10.7. The predicted molar refractivity (Wildman–Crippen MR) is 127 cm³/mol. The zero-order valence-electron chi connectivity index (χ0n) is 19.4. The van der Waals surface area contributed by atoms with E-state index in [4.69, 9.17) is 5.26 Å². The van der Waals surface area contributed by atoms with Crippen molar-refractivity contribution in [2.45, 2.75) is 56.9 Å². The third-order valence-electron chi connectivity index (χ3n) is 8.25. The van der Waals surface area contributed by atoms with Crippen molar-refractivity contribution in [2.75, 3.05) is 37.6 Å². The highest BCUT2D eigenvalue weighted by atomic mass is 16.2. The summed E-state index contributed by atoms with van der Waals surface area (Å²) in [6.07, 6.45) is 8.72. The lowest BCUT2D eigenvalue weighted by Gasteiger charge is -2.56. The van der Waals surface area contributed by atoms with Crippen LogP contribution in [-0.4, -0.2) is 55.1 Å². The molecule has 4 aliphatic carbocycles. The van der Waals surface area contributed by atoms with Gasteiger partial charge in [-0.1, -0.05) is 0 Å². The summed E-state index contributed by atoms with van der Waals surface area (Å²) in [4.78, 5) is 29.6. The predicted octanol–water partition coefficient (Wildman–Crippen LogP) is 3.26. The fraction of sp³-hybridized carbons (Fsp3) is 0.654. The highest BCUT2D eigenvalue weighted by Gasteiger charge is 2.51. The Hall–Kier alpha value is -2.75. The average Bonchev–Trinajstić information content (AvgIpc) is 3.04. The molecule has 1 aromatic rings. The van der Waals surface area contributed by atoms with Gasteiger partial charge in [0, 0.05) is 50.4 Å². The Labute approximate surface area is 196 Å². The van der Waals surface area contributed by atoms with E-state index in [0.717, 1.165) is 68.8 Å². The Morgan fingerprint density at radius 3 is 2.27 bits per heavy atom. The van der Waals surface area contributed by atoms with Crippen LogP contribution in [0, 0.1) is 29.1 Å². The van der Waals surface area contributed by atoms with E-state index in [1.54, 1.807) is 0 Å². The van der Waals surface area contributed by atoms with E-state index < -0.39 is 0 Å². The molecule has 3 amide bonds. The molecule has 1 aromatic carbocycles. The summed E-state index contributed by atoms with van der Waals surface area (Å²) < 4.78 is 0. The molecule has 0 unspecified atom stereocenters. The molecule has 4 bridgehead atoms. The van der Waals surface area contributed by atoms with Crippen molar-refractivity contribution in [2.24, 2.45) is 17.8 Å². The van der Waals surface area contributed by atoms with Crippen LogP contribution in [0.1, 0.15) is 56.9 Å². The van der Waals surface area contributed by atoms with Crippen LogP contribution in [0.15, 0.2) is 24.3 Å². The van der Waals surface area contributed by atoms with Crippen molar-refractivity contribution in [3.63, 3.8) is 0 Å². The van der Waals surface area contributed by atoms with Crippen molar-refractivity contribution in [3.05, 3.63) is 29.8 Å². The first kappa shape index (κ1) is 22.1. The van der Waals surface area contributed by atoms with E-state index in [0.29, 0.717) is 25.1 Å². The number of rotatable bonds is 5. The van der Waals surface area contributed by atoms with Gasteiger partial charge in [0.2, 0.25) is 5.91 Å². The molecule has 1 saturated heterocycles. The van der Waals surface area contributed by atoms with Gasteiger partial charge in [0.05, 0.1) is 11.6 Å². The Morgan fingerprint density at radius 1 is 0.970 bits per heavy atom. The van der Waals surface area contributed by atoms with E-state index in [1.165, 1.54) is 19.3 Å². The number of anilines is 1. The topological polar surface area (TPSA) is 88.5 Å².